The van der Waals surface area contributed by atoms with Crippen LogP contribution in [0.15, 0.2) is 30.6 Å². The highest BCUT2D eigenvalue weighted by atomic mass is 19.1. The van der Waals surface area contributed by atoms with Gasteiger partial charge in [0.1, 0.15) is 11.5 Å². The fraction of sp³-hybridized carbons (Fsp3) is 0.412. The Kier molecular flexibility index (Phi) is 6.43. The number of halogens is 2. The van der Waals surface area contributed by atoms with E-state index in [-0.39, 0.29) is 29.7 Å². The van der Waals surface area contributed by atoms with Crippen molar-refractivity contribution in [3.63, 3.8) is 0 Å². The number of rotatable bonds is 8. The lowest BCUT2D eigenvalue weighted by molar-refractivity contribution is 0.0943. The minimum atomic E-state index is -0.754. The number of carbonyl (C=O) groups excluding carboxylic acids is 1. The highest BCUT2D eigenvalue weighted by Gasteiger charge is 2.14. The van der Waals surface area contributed by atoms with E-state index in [4.69, 9.17) is 5.11 Å². The number of nitrogens with zero attached hydrogens (tertiary/aromatic N) is 2. The van der Waals surface area contributed by atoms with Gasteiger partial charge in [-0.15, -0.1) is 0 Å². The molecule has 0 radical (unpaired) electrons. The Morgan fingerprint density at radius 2 is 2.17 bits per heavy atom. The Hall–Kier alpha value is -2.28. The molecule has 2 N–H and O–H groups in total. The van der Waals surface area contributed by atoms with Crippen LogP contribution in [0.1, 0.15) is 36.5 Å². The highest BCUT2D eigenvalue weighted by molar-refractivity contribution is 5.93. The summed E-state index contributed by atoms with van der Waals surface area (Å²) in [4.78, 5) is 12.2. The van der Waals surface area contributed by atoms with Gasteiger partial charge in [-0.2, -0.15) is 5.10 Å². The van der Waals surface area contributed by atoms with Crippen LogP contribution < -0.4 is 5.32 Å². The van der Waals surface area contributed by atoms with Crippen LogP contribution >= 0.6 is 0 Å². The quantitative estimate of drug-likeness (QED) is 0.778. The first-order chi connectivity index (χ1) is 11.5. The van der Waals surface area contributed by atoms with E-state index in [1.165, 1.54) is 23.1 Å². The molecule has 24 heavy (non-hydrogen) atoms. The lowest BCUT2D eigenvalue weighted by atomic mass is 10.0. The summed E-state index contributed by atoms with van der Waals surface area (Å²) in [5.41, 5.74) is 0.359. The van der Waals surface area contributed by atoms with E-state index in [0.29, 0.717) is 13.0 Å². The first-order valence-electron chi connectivity index (χ1n) is 7.94. The average Bonchev–Trinajstić information content (AvgIpc) is 3.02. The minimum Gasteiger partial charge on any atom is -0.396 e. The van der Waals surface area contributed by atoms with Crippen LogP contribution in [0.4, 0.5) is 8.78 Å². The molecule has 1 amide bonds. The van der Waals surface area contributed by atoms with Gasteiger partial charge in [0.25, 0.3) is 5.91 Å². The van der Waals surface area contributed by atoms with E-state index in [1.54, 1.807) is 0 Å². The molecule has 0 aliphatic heterocycles. The first-order valence-corrected chi connectivity index (χ1v) is 7.94. The first kappa shape index (κ1) is 18.1. The van der Waals surface area contributed by atoms with E-state index < -0.39 is 11.6 Å². The standard InChI is InChI=1S/C17H21F2N3O2/c1-2-3-12(6-7-23)9-20-17(24)13-10-21-22(11-13)16-5-4-14(18)8-15(16)19/h4-5,8,10-12,23H,2-3,6-7,9H2,1H3,(H,20,24). The van der Waals surface area contributed by atoms with Gasteiger partial charge in [-0.1, -0.05) is 13.3 Å². The smallest absolute Gasteiger partial charge is 0.254 e. The van der Waals surface area contributed by atoms with Gasteiger partial charge in [0.05, 0.1) is 11.8 Å². The minimum absolute atomic E-state index is 0.0691. The topological polar surface area (TPSA) is 67.2 Å². The second-order valence-electron chi connectivity index (χ2n) is 5.65. The van der Waals surface area contributed by atoms with Gasteiger partial charge < -0.3 is 10.4 Å². The normalized spacial score (nSPS) is 12.2. The molecule has 0 aliphatic carbocycles. The second kappa shape index (κ2) is 8.54. The Labute approximate surface area is 139 Å². The number of amides is 1. The molecule has 1 atom stereocenters. The number of aliphatic hydroxyl groups excluding tert-OH is 1. The summed E-state index contributed by atoms with van der Waals surface area (Å²) in [7, 11) is 0. The van der Waals surface area contributed by atoms with Gasteiger partial charge in [-0.3, -0.25) is 4.79 Å². The number of hydrogen-bond acceptors (Lipinski definition) is 3. The number of benzene rings is 1. The summed E-state index contributed by atoms with van der Waals surface area (Å²) in [6, 6.07) is 3.16. The Bertz CT molecular complexity index is 682. The van der Waals surface area contributed by atoms with Crippen molar-refractivity contribution in [1.82, 2.24) is 15.1 Å². The summed E-state index contributed by atoms with van der Waals surface area (Å²) in [5.74, 6) is -1.53. The SMILES string of the molecule is CCCC(CCO)CNC(=O)c1cnn(-c2ccc(F)cc2F)c1. The van der Waals surface area contributed by atoms with Gasteiger partial charge in [0.2, 0.25) is 0 Å². The van der Waals surface area contributed by atoms with Gasteiger partial charge in [0.15, 0.2) is 5.82 Å². The number of aliphatic hydroxyl groups is 1. The van der Waals surface area contributed by atoms with Crippen LogP contribution in [0.2, 0.25) is 0 Å². The van der Waals surface area contributed by atoms with Gasteiger partial charge in [0, 0.05) is 25.4 Å². The Balaban J connectivity index is 2.03. The van der Waals surface area contributed by atoms with Crippen LogP contribution in [-0.4, -0.2) is 33.9 Å². The fourth-order valence-corrected chi connectivity index (χ4v) is 2.52. The lowest BCUT2D eigenvalue weighted by Crippen LogP contribution is -2.29. The van der Waals surface area contributed by atoms with Crippen molar-refractivity contribution >= 4 is 5.91 Å². The predicted molar refractivity (Wildman–Crippen MR) is 85.9 cm³/mol. The number of hydrogen-bond donors (Lipinski definition) is 2. The summed E-state index contributed by atoms with van der Waals surface area (Å²) in [6.45, 7) is 2.60. The molecule has 0 fully saturated rings. The molecule has 0 aliphatic rings. The molecule has 1 heterocycles. The van der Waals surface area contributed by atoms with Crippen LogP contribution in [-0.2, 0) is 0 Å². The van der Waals surface area contributed by atoms with Crippen molar-refractivity contribution in [3.8, 4) is 5.69 Å². The molecule has 5 nitrogen and oxygen atoms in total. The zero-order valence-electron chi connectivity index (χ0n) is 13.5. The van der Waals surface area contributed by atoms with Gasteiger partial charge >= 0.3 is 0 Å². The van der Waals surface area contributed by atoms with Crippen LogP contribution in [0.3, 0.4) is 0 Å². The number of nitrogens with one attached hydrogen (secondary N) is 1. The summed E-state index contributed by atoms with van der Waals surface area (Å²) in [6.07, 6.45) is 5.25. The largest absolute Gasteiger partial charge is 0.396 e. The van der Waals surface area contributed by atoms with Crippen molar-refractivity contribution in [1.29, 1.82) is 0 Å². The maximum atomic E-state index is 13.7. The van der Waals surface area contributed by atoms with E-state index in [1.807, 2.05) is 6.92 Å². The molecule has 2 aromatic rings. The third-order valence-corrected chi connectivity index (χ3v) is 3.79. The van der Waals surface area contributed by atoms with Crippen molar-refractivity contribution < 1.29 is 18.7 Å². The predicted octanol–water partition coefficient (Wildman–Crippen LogP) is 2.68. The van der Waals surface area contributed by atoms with Crippen molar-refractivity contribution in [2.24, 2.45) is 5.92 Å². The number of carbonyl (C=O) groups is 1. The molecule has 130 valence electrons. The van der Waals surface area contributed by atoms with E-state index in [0.717, 1.165) is 25.0 Å². The lowest BCUT2D eigenvalue weighted by Gasteiger charge is -2.15. The molecule has 1 aromatic carbocycles. The second-order valence-corrected chi connectivity index (χ2v) is 5.65. The maximum Gasteiger partial charge on any atom is 0.254 e. The monoisotopic (exact) mass is 337 g/mol. The molecule has 2 rings (SSSR count). The molecular formula is C17H21F2N3O2. The zero-order chi connectivity index (χ0) is 17.5. The van der Waals surface area contributed by atoms with Crippen molar-refractivity contribution in [2.45, 2.75) is 26.2 Å². The van der Waals surface area contributed by atoms with Crippen LogP contribution in [0.25, 0.3) is 5.69 Å². The average molecular weight is 337 g/mol. The number of aromatic nitrogens is 2. The van der Waals surface area contributed by atoms with Crippen molar-refractivity contribution in [2.75, 3.05) is 13.2 Å². The zero-order valence-corrected chi connectivity index (χ0v) is 13.5. The van der Waals surface area contributed by atoms with Crippen molar-refractivity contribution in [3.05, 3.63) is 47.8 Å². The summed E-state index contributed by atoms with van der Waals surface area (Å²) >= 11 is 0. The molecule has 1 aromatic heterocycles. The summed E-state index contributed by atoms with van der Waals surface area (Å²) < 4.78 is 27.9. The molecule has 0 saturated heterocycles. The van der Waals surface area contributed by atoms with Gasteiger partial charge in [-0.25, -0.2) is 13.5 Å². The fourth-order valence-electron chi connectivity index (χ4n) is 2.52. The van der Waals surface area contributed by atoms with Gasteiger partial charge in [-0.05, 0) is 30.9 Å². The molecule has 0 saturated carbocycles. The molecule has 7 heteroatoms. The Morgan fingerprint density at radius 1 is 1.38 bits per heavy atom. The summed E-state index contributed by atoms with van der Waals surface area (Å²) in [5, 5.41) is 15.8. The Morgan fingerprint density at radius 3 is 2.83 bits per heavy atom. The van der Waals surface area contributed by atoms with Crippen LogP contribution in [0.5, 0.6) is 0 Å². The molecule has 0 bridgehead atoms. The van der Waals surface area contributed by atoms with E-state index >= 15 is 0 Å². The van der Waals surface area contributed by atoms with Crippen LogP contribution in [0, 0.1) is 17.6 Å². The highest BCUT2D eigenvalue weighted by Crippen LogP contribution is 2.15. The molecule has 1 unspecified atom stereocenters. The van der Waals surface area contributed by atoms with E-state index in [2.05, 4.69) is 10.4 Å². The molecule has 0 spiro atoms. The molecular weight excluding hydrogens is 316 g/mol. The third kappa shape index (κ3) is 4.61. The maximum absolute atomic E-state index is 13.7. The van der Waals surface area contributed by atoms with E-state index in [9.17, 15) is 13.6 Å². The third-order valence-electron chi connectivity index (χ3n) is 3.79.